The molecule has 2 heterocycles. The lowest BCUT2D eigenvalue weighted by molar-refractivity contribution is -0.0498. The fourth-order valence-electron chi connectivity index (χ4n) is 4.34. The Kier molecular flexibility index (Phi) is 6.60. The molecule has 8 heteroatoms. The standard InChI is InChI=1S/C20H26BrN3O3S/c1-26-13-5-6-16(21)14(8-13)20(25)23-10-19-24-12-3-2-4-17(27-19)15(7-12)18-9-22-11-28-18/h5-6,8,11-12,15,17-19,24H,2-4,7,9-10H2,1H3,(H,23,25). The number of carbonyl (C=O) groups is 1. The molecule has 4 rings (SSSR count). The van der Waals surface area contributed by atoms with Gasteiger partial charge in [-0.15, -0.1) is 11.8 Å². The van der Waals surface area contributed by atoms with Gasteiger partial charge in [0.05, 0.1) is 37.4 Å². The van der Waals surface area contributed by atoms with Crippen molar-refractivity contribution in [3.63, 3.8) is 0 Å². The third kappa shape index (κ3) is 4.56. The maximum atomic E-state index is 12.7. The van der Waals surface area contributed by atoms with Crippen molar-refractivity contribution in [1.82, 2.24) is 10.6 Å². The number of methoxy groups -OCH3 is 1. The minimum Gasteiger partial charge on any atom is -0.497 e. The molecule has 1 aromatic rings. The quantitative estimate of drug-likeness (QED) is 0.695. The van der Waals surface area contributed by atoms with E-state index in [0.29, 0.717) is 35.1 Å². The van der Waals surface area contributed by atoms with Gasteiger partial charge < -0.3 is 14.8 Å². The summed E-state index contributed by atoms with van der Waals surface area (Å²) in [5, 5.41) is 7.16. The number of carbonyl (C=O) groups excluding carboxylic acids is 1. The molecule has 5 atom stereocenters. The van der Waals surface area contributed by atoms with E-state index in [4.69, 9.17) is 9.47 Å². The van der Waals surface area contributed by atoms with E-state index < -0.39 is 0 Å². The highest BCUT2D eigenvalue weighted by atomic mass is 79.9. The van der Waals surface area contributed by atoms with E-state index in [1.54, 1.807) is 13.2 Å². The van der Waals surface area contributed by atoms with Crippen LogP contribution in [0.2, 0.25) is 0 Å². The molecule has 1 amide bonds. The summed E-state index contributed by atoms with van der Waals surface area (Å²) in [6, 6.07) is 5.82. The van der Waals surface area contributed by atoms with Gasteiger partial charge in [0.1, 0.15) is 12.0 Å². The summed E-state index contributed by atoms with van der Waals surface area (Å²) in [5.41, 5.74) is 2.54. The van der Waals surface area contributed by atoms with E-state index in [2.05, 4.69) is 31.6 Å². The van der Waals surface area contributed by atoms with Crippen molar-refractivity contribution in [2.75, 3.05) is 20.2 Å². The molecule has 5 unspecified atom stereocenters. The van der Waals surface area contributed by atoms with Crippen LogP contribution in [0.4, 0.5) is 0 Å². The molecule has 28 heavy (non-hydrogen) atoms. The molecule has 1 saturated heterocycles. The highest BCUT2D eigenvalue weighted by molar-refractivity contribution is 9.10. The summed E-state index contributed by atoms with van der Waals surface area (Å²) in [6.07, 6.45) is 4.63. The number of benzene rings is 1. The van der Waals surface area contributed by atoms with Crippen LogP contribution in [-0.4, -0.2) is 55.3 Å². The van der Waals surface area contributed by atoms with Gasteiger partial charge in [-0.2, -0.15) is 0 Å². The predicted octanol–water partition coefficient (Wildman–Crippen LogP) is 3.20. The molecular weight excluding hydrogens is 442 g/mol. The molecule has 2 bridgehead atoms. The second-order valence-corrected chi connectivity index (χ2v) is 9.50. The van der Waals surface area contributed by atoms with Gasteiger partial charge in [0.25, 0.3) is 5.91 Å². The zero-order valence-corrected chi connectivity index (χ0v) is 18.3. The molecular formula is C20H26BrN3O3S. The Morgan fingerprint density at radius 1 is 1.46 bits per heavy atom. The lowest BCUT2D eigenvalue weighted by Crippen LogP contribution is -2.47. The first-order valence-corrected chi connectivity index (χ1v) is 11.5. The number of hydrogen-bond acceptors (Lipinski definition) is 6. The zero-order valence-electron chi connectivity index (χ0n) is 15.9. The van der Waals surface area contributed by atoms with Crippen LogP contribution in [0.15, 0.2) is 27.7 Å². The number of ether oxygens (including phenoxy) is 2. The summed E-state index contributed by atoms with van der Waals surface area (Å²) >= 11 is 5.29. The van der Waals surface area contributed by atoms with E-state index >= 15 is 0 Å². The Balaban J connectivity index is 1.39. The first-order chi connectivity index (χ1) is 13.6. The number of aliphatic imine (C=N–C) groups is 1. The number of thioether (sulfide) groups is 1. The number of amides is 1. The molecule has 3 aliphatic rings. The van der Waals surface area contributed by atoms with Crippen LogP contribution in [0, 0.1) is 5.92 Å². The number of halogens is 1. The molecule has 0 radical (unpaired) electrons. The molecule has 0 aromatic heterocycles. The molecule has 2 aliphatic heterocycles. The Bertz CT molecular complexity index is 739. The minimum absolute atomic E-state index is 0.137. The minimum atomic E-state index is -0.166. The van der Waals surface area contributed by atoms with E-state index in [0.717, 1.165) is 23.9 Å². The number of nitrogens with one attached hydrogen (secondary N) is 2. The molecule has 1 aromatic carbocycles. The predicted molar refractivity (Wildman–Crippen MR) is 115 cm³/mol. The second-order valence-electron chi connectivity index (χ2n) is 7.56. The van der Waals surface area contributed by atoms with Gasteiger partial charge in [0.2, 0.25) is 0 Å². The van der Waals surface area contributed by atoms with E-state index in [9.17, 15) is 4.79 Å². The van der Waals surface area contributed by atoms with Crippen molar-refractivity contribution in [3.05, 3.63) is 28.2 Å². The molecule has 1 aliphatic carbocycles. The SMILES string of the molecule is COc1ccc(Br)c(C(=O)NCC2NC3CCCC(O2)C(C2CN=CS2)C3)c1. The van der Waals surface area contributed by atoms with Gasteiger partial charge in [0.15, 0.2) is 0 Å². The maximum absolute atomic E-state index is 12.7. The molecule has 152 valence electrons. The van der Waals surface area contributed by atoms with Gasteiger partial charge in [-0.05, 0) is 59.8 Å². The number of nitrogens with zero attached hydrogens (tertiary/aromatic N) is 1. The Morgan fingerprint density at radius 3 is 3.14 bits per heavy atom. The van der Waals surface area contributed by atoms with E-state index in [1.165, 1.54) is 12.8 Å². The molecule has 2 N–H and O–H groups in total. The van der Waals surface area contributed by atoms with Gasteiger partial charge in [0, 0.05) is 21.7 Å². The summed E-state index contributed by atoms with van der Waals surface area (Å²) in [6.45, 7) is 1.34. The van der Waals surface area contributed by atoms with E-state index in [1.807, 2.05) is 29.4 Å². The third-order valence-electron chi connectivity index (χ3n) is 5.78. The topological polar surface area (TPSA) is 72.0 Å². The van der Waals surface area contributed by atoms with Crippen molar-refractivity contribution < 1.29 is 14.3 Å². The van der Waals surface area contributed by atoms with Crippen molar-refractivity contribution in [2.24, 2.45) is 10.9 Å². The van der Waals surface area contributed by atoms with Crippen molar-refractivity contribution in [2.45, 2.75) is 49.3 Å². The normalized spacial score (nSPS) is 32.0. The summed E-state index contributed by atoms with van der Waals surface area (Å²) < 4.78 is 12.4. The second kappa shape index (κ2) is 9.15. The highest BCUT2D eigenvalue weighted by Gasteiger charge is 2.40. The van der Waals surface area contributed by atoms with Crippen LogP contribution in [-0.2, 0) is 4.74 Å². The van der Waals surface area contributed by atoms with Gasteiger partial charge in [-0.3, -0.25) is 15.1 Å². The van der Waals surface area contributed by atoms with Crippen LogP contribution >= 0.6 is 27.7 Å². The monoisotopic (exact) mass is 467 g/mol. The highest BCUT2D eigenvalue weighted by Crippen LogP contribution is 2.37. The summed E-state index contributed by atoms with van der Waals surface area (Å²) in [5.74, 6) is 1.04. The lowest BCUT2D eigenvalue weighted by Gasteiger charge is -2.30. The molecule has 6 nitrogen and oxygen atoms in total. The summed E-state index contributed by atoms with van der Waals surface area (Å²) in [4.78, 5) is 17.1. The van der Waals surface area contributed by atoms with Crippen LogP contribution in [0.25, 0.3) is 0 Å². The van der Waals surface area contributed by atoms with Crippen LogP contribution in [0.3, 0.4) is 0 Å². The Morgan fingerprint density at radius 2 is 2.36 bits per heavy atom. The van der Waals surface area contributed by atoms with Crippen molar-refractivity contribution in [3.8, 4) is 5.75 Å². The first kappa shape index (κ1) is 20.2. The molecule has 0 spiro atoms. The van der Waals surface area contributed by atoms with Crippen LogP contribution in [0.5, 0.6) is 5.75 Å². The summed E-state index contributed by atoms with van der Waals surface area (Å²) in [7, 11) is 1.59. The first-order valence-electron chi connectivity index (χ1n) is 9.81. The fraction of sp³-hybridized carbons (Fsp3) is 0.600. The Labute approximate surface area is 178 Å². The zero-order chi connectivity index (χ0) is 19.5. The lowest BCUT2D eigenvalue weighted by atomic mass is 9.92. The number of fused-ring (bicyclic) bond motifs is 3. The fourth-order valence-corrected chi connectivity index (χ4v) is 5.76. The Hall–Kier alpha value is -1.09. The molecule has 1 saturated carbocycles. The largest absolute Gasteiger partial charge is 0.497 e. The van der Waals surface area contributed by atoms with Crippen molar-refractivity contribution in [1.29, 1.82) is 0 Å². The van der Waals surface area contributed by atoms with Crippen LogP contribution < -0.4 is 15.4 Å². The van der Waals surface area contributed by atoms with Crippen molar-refractivity contribution >= 4 is 39.1 Å². The molecule has 2 fully saturated rings. The average molecular weight is 468 g/mol. The third-order valence-corrected chi connectivity index (χ3v) is 7.59. The van der Waals surface area contributed by atoms with Gasteiger partial charge in [-0.1, -0.05) is 0 Å². The number of rotatable bonds is 5. The average Bonchev–Trinajstić information content (AvgIpc) is 3.07. The number of hydrogen-bond donors (Lipinski definition) is 2. The van der Waals surface area contributed by atoms with E-state index in [-0.39, 0.29) is 18.2 Å². The smallest absolute Gasteiger partial charge is 0.252 e. The maximum Gasteiger partial charge on any atom is 0.252 e. The van der Waals surface area contributed by atoms with Gasteiger partial charge in [-0.25, -0.2) is 0 Å². The van der Waals surface area contributed by atoms with Crippen LogP contribution in [0.1, 0.15) is 36.0 Å². The van der Waals surface area contributed by atoms with Gasteiger partial charge >= 0.3 is 0 Å².